The SMILES string of the molecule is O=S1(=O)CCC(N(Cc2ccc(F)cc2)CC(O)COc2ccccc2F)C1. The average Bonchev–Trinajstić information content (AvgIpc) is 3.02. The minimum absolute atomic E-state index is 0.0229. The Morgan fingerprint density at radius 2 is 1.86 bits per heavy atom. The van der Waals surface area contributed by atoms with Gasteiger partial charge in [0.2, 0.25) is 0 Å². The van der Waals surface area contributed by atoms with Crippen molar-refractivity contribution in [1.29, 1.82) is 0 Å². The maximum atomic E-state index is 13.6. The first kappa shape index (κ1) is 20.7. The number of benzene rings is 2. The summed E-state index contributed by atoms with van der Waals surface area (Å²) < 4.78 is 55.9. The van der Waals surface area contributed by atoms with Crippen molar-refractivity contribution in [1.82, 2.24) is 4.90 Å². The van der Waals surface area contributed by atoms with E-state index in [4.69, 9.17) is 4.74 Å². The Morgan fingerprint density at radius 3 is 2.50 bits per heavy atom. The van der Waals surface area contributed by atoms with Crippen LogP contribution >= 0.6 is 0 Å². The number of hydrogen-bond donors (Lipinski definition) is 1. The molecule has 2 unspecified atom stereocenters. The van der Waals surface area contributed by atoms with Crippen LogP contribution in [0.1, 0.15) is 12.0 Å². The van der Waals surface area contributed by atoms with E-state index in [1.807, 2.05) is 4.90 Å². The van der Waals surface area contributed by atoms with Crippen molar-refractivity contribution in [2.24, 2.45) is 0 Å². The van der Waals surface area contributed by atoms with Gasteiger partial charge in [0, 0.05) is 19.1 Å². The first-order valence-electron chi connectivity index (χ1n) is 9.07. The van der Waals surface area contributed by atoms with Crippen LogP contribution in [-0.4, -0.2) is 55.2 Å². The quantitative estimate of drug-likeness (QED) is 0.723. The molecule has 2 aromatic carbocycles. The Labute approximate surface area is 163 Å². The fourth-order valence-electron chi connectivity index (χ4n) is 3.30. The van der Waals surface area contributed by atoms with Gasteiger partial charge in [-0.15, -0.1) is 0 Å². The highest BCUT2D eigenvalue weighted by molar-refractivity contribution is 7.91. The van der Waals surface area contributed by atoms with Gasteiger partial charge in [-0.3, -0.25) is 4.90 Å². The van der Waals surface area contributed by atoms with Crippen molar-refractivity contribution < 1.29 is 27.0 Å². The molecule has 8 heteroatoms. The molecule has 28 heavy (non-hydrogen) atoms. The number of halogens is 2. The number of hydrogen-bond acceptors (Lipinski definition) is 5. The summed E-state index contributed by atoms with van der Waals surface area (Å²) in [6, 6.07) is 11.6. The zero-order chi connectivity index (χ0) is 20.1. The lowest BCUT2D eigenvalue weighted by molar-refractivity contribution is 0.0513. The van der Waals surface area contributed by atoms with Gasteiger partial charge in [0.15, 0.2) is 21.4 Å². The number of aliphatic hydroxyl groups excluding tert-OH is 1. The highest BCUT2D eigenvalue weighted by Gasteiger charge is 2.33. The van der Waals surface area contributed by atoms with Crippen LogP contribution in [0.2, 0.25) is 0 Å². The van der Waals surface area contributed by atoms with Gasteiger partial charge in [-0.1, -0.05) is 24.3 Å². The molecule has 2 aromatic rings. The Hall–Kier alpha value is -2.03. The van der Waals surface area contributed by atoms with Crippen molar-refractivity contribution >= 4 is 9.84 Å². The molecule has 0 radical (unpaired) electrons. The molecule has 0 amide bonds. The lowest BCUT2D eigenvalue weighted by Crippen LogP contribution is -2.42. The lowest BCUT2D eigenvalue weighted by atomic mass is 10.1. The van der Waals surface area contributed by atoms with Crippen LogP contribution in [0, 0.1) is 11.6 Å². The lowest BCUT2D eigenvalue weighted by Gasteiger charge is -2.30. The van der Waals surface area contributed by atoms with E-state index >= 15 is 0 Å². The normalized spacial score (nSPS) is 19.6. The molecule has 1 saturated heterocycles. The summed E-state index contributed by atoms with van der Waals surface area (Å²) in [5.41, 5.74) is 0.813. The third-order valence-electron chi connectivity index (χ3n) is 4.74. The van der Waals surface area contributed by atoms with Crippen LogP contribution in [0.25, 0.3) is 0 Å². The highest BCUT2D eigenvalue weighted by atomic mass is 32.2. The van der Waals surface area contributed by atoms with Gasteiger partial charge < -0.3 is 9.84 Å². The molecule has 0 saturated carbocycles. The first-order valence-corrected chi connectivity index (χ1v) is 10.9. The molecule has 0 aromatic heterocycles. The fourth-order valence-corrected chi connectivity index (χ4v) is 5.06. The second-order valence-electron chi connectivity index (χ2n) is 7.01. The highest BCUT2D eigenvalue weighted by Crippen LogP contribution is 2.21. The molecule has 2 atom stereocenters. The largest absolute Gasteiger partial charge is 0.488 e. The van der Waals surface area contributed by atoms with Gasteiger partial charge in [-0.05, 0) is 36.2 Å². The van der Waals surface area contributed by atoms with Crippen molar-refractivity contribution in [3.05, 3.63) is 65.7 Å². The summed E-state index contributed by atoms with van der Waals surface area (Å²) >= 11 is 0. The van der Waals surface area contributed by atoms with Gasteiger partial charge in [0.1, 0.15) is 18.5 Å². The van der Waals surface area contributed by atoms with E-state index in [1.54, 1.807) is 24.3 Å². The Bertz CT molecular complexity index is 889. The molecule has 152 valence electrons. The van der Waals surface area contributed by atoms with Crippen molar-refractivity contribution in [3.8, 4) is 5.75 Å². The summed E-state index contributed by atoms with van der Waals surface area (Å²) in [5, 5.41) is 10.4. The maximum Gasteiger partial charge on any atom is 0.165 e. The van der Waals surface area contributed by atoms with E-state index in [9.17, 15) is 22.3 Å². The van der Waals surface area contributed by atoms with Gasteiger partial charge in [0.25, 0.3) is 0 Å². The summed E-state index contributed by atoms with van der Waals surface area (Å²) in [6.45, 7) is 0.406. The Morgan fingerprint density at radius 1 is 1.14 bits per heavy atom. The van der Waals surface area contributed by atoms with Crippen molar-refractivity contribution in [3.63, 3.8) is 0 Å². The molecule has 0 aliphatic carbocycles. The second-order valence-corrected chi connectivity index (χ2v) is 9.24. The van der Waals surface area contributed by atoms with Crippen LogP contribution in [-0.2, 0) is 16.4 Å². The predicted octanol–water partition coefficient (Wildman–Crippen LogP) is 2.39. The minimum atomic E-state index is -3.10. The molecule has 1 fully saturated rings. The minimum Gasteiger partial charge on any atom is -0.488 e. The molecule has 3 rings (SSSR count). The topological polar surface area (TPSA) is 66.8 Å². The molecule has 5 nitrogen and oxygen atoms in total. The van der Waals surface area contributed by atoms with Crippen LogP contribution < -0.4 is 4.74 Å². The number of ether oxygens (including phenoxy) is 1. The van der Waals surface area contributed by atoms with Crippen LogP contribution in [0.15, 0.2) is 48.5 Å². The van der Waals surface area contributed by atoms with Gasteiger partial charge in [-0.25, -0.2) is 17.2 Å². The van der Waals surface area contributed by atoms with Crippen LogP contribution in [0.5, 0.6) is 5.75 Å². The fraction of sp³-hybridized carbons (Fsp3) is 0.400. The number of nitrogens with zero attached hydrogens (tertiary/aromatic N) is 1. The predicted molar refractivity (Wildman–Crippen MR) is 102 cm³/mol. The number of sulfone groups is 1. The van der Waals surface area contributed by atoms with Crippen molar-refractivity contribution in [2.75, 3.05) is 24.7 Å². The van der Waals surface area contributed by atoms with Gasteiger partial charge >= 0.3 is 0 Å². The molecule has 1 N–H and O–H groups in total. The summed E-state index contributed by atoms with van der Waals surface area (Å²) in [5.74, 6) is -0.680. The third kappa shape index (κ3) is 5.73. The molecule has 0 spiro atoms. The summed E-state index contributed by atoms with van der Waals surface area (Å²) in [4.78, 5) is 1.87. The van der Waals surface area contributed by atoms with E-state index < -0.39 is 21.8 Å². The van der Waals surface area contributed by atoms with Crippen molar-refractivity contribution in [2.45, 2.75) is 25.1 Å². The van der Waals surface area contributed by atoms with Gasteiger partial charge in [0.05, 0.1) is 11.5 Å². The summed E-state index contributed by atoms with van der Waals surface area (Å²) in [7, 11) is -3.10. The zero-order valence-electron chi connectivity index (χ0n) is 15.3. The smallest absolute Gasteiger partial charge is 0.165 e. The molecule has 1 heterocycles. The molecule has 0 bridgehead atoms. The van der Waals surface area contributed by atoms with E-state index in [0.29, 0.717) is 13.0 Å². The van der Waals surface area contributed by atoms with E-state index in [-0.39, 0.29) is 42.3 Å². The standard InChI is InChI=1S/C20H23F2NO4S/c21-16-7-5-15(6-8-16)11-23(17-9-10-28(25,26)14-17)12-18(24)13-27-20-4-2-1-3-19(20)22/h1-8,17-18,24H,9-14H2. The maximum absolute atomic E-state index is 13.6. The number of para-hydroxylation sites is 1. The monoisotopic (exact) mass is 411 g/mol. The molecular weight excluding hydrogens is 388 g/mol. The number of rotatable bonds is 8. The molecule has 1 aliphatic rings. The average molecular weight is 411 g/mol. The first-order chi connectivity index (χ1) is 13.3. The van der Waals surface area contributed by atoms with E-state index in [0.717, 1.165) is 5.56 Å². The Kier molecular flexibility index (Phi) is 6.64. The van der Waals surface area contributed by atoms with Crippen LogP contribution in [0.4, 0.5) is 8.78 Å². The number of aliphatic hydroxyl groups is 1. The van der Waals surface area contributed by atoms with E-state index in [2.05, 4.69) is 0 Å². The molecule has 1 aliphatic heterocycles. The Balaban J connectivity index is 1.65. The zero-order valence-corrected chi connectivity index (χ0v) is 16.1. The van der Waals surface area contributed by atoms with E-state index in [1.165, 1.54) is 24.3 Å². The third-order valence-corrected chi connectivity index (χ3v) is 6.49. The van der Waals surface area contributed by atoms with Gasteiger partial charge in [-0.2, -0.15) is 0 Å². The summed E-state index contributed by atoms with van der Waals surface area (Å²) in [6.07, 6.45) is -0.465. The van der Waals surface area contributed by atoms with Crippen LogP contribution in [0.3, 0.4) is 0 Å². The molecular formula is C20H23F2NO4S. The second kappa shape index (κ2) is 8.98.